The van der Waals surface area contributed by atoms with Gasteiger partial charge in [0.05, 0.1) is 19.6 Å². The number of benzene rings is 2. The molecule has 0 amide bonds. The third kappa shape index (κ3) is 3.81. The van der Waals surface area contributed by atoms with Crippen molar-refractivity contribution in [2.45, 2.75) is 12.3 Å². The summed E-state index contributed by atoms with van der Waals surface area (Å²) < 4.78 is 10.9. The van der Waals surface area contributed by atoms with Gasteiger partial charge in [-0.05, 0) is 29.8 Å². The maximum absolute atomic E-state index is 6.08. The van der Waals surface area contributed by atoms with E-state index in [0.29, 0.717) is 17.5 Å². The largest absolute Gasteiger partial charge is 0.497 e. The molecule has 0 aromatic heterocycles. The Morgan fingerprint density at radius 1 is 1.05 bits per heavy atom. The topological polar surface area (TPSA) is 18.5 Å². The first-order valence-electron chi connectivity index (χ1n) is 6.33. The summed E-state index contributed by atoms with van der Waals surface area (Å²) in [5.41, 5.74) is 2.03. The Hall–Kier alpha value is -1.38. The van der Waals surface area contributed by atoms with E-state index in [2.05, 4.69) is 0 Å². The van der Waals surface area contributed by atoms with Crippen LogP contribution in [-0.2, 0) is 12.3 Å². The van der Waals surface area contributed by atoms with Crippen molar-refractivity contribution in [3.8, 4) is 11.5 Å². The van der Waals surface area contributed by atoms with Crippen molar-refractivity contribution in [2.75, 3.05) is 13.7 Å². The van der Waals surface area contributed by atoms with E-state index in [-0.39, 0.29) is 0 Å². The molecule has 0 atom stereocenters. The Labute approximate surface area is 129 Å². The highest BCUT2D eigenvalue weighted by Crippen LogP contribution is 2.28. The zero-order valence-electron chi connectivity index (χ0n) is 11.2. The highest BCUT2D eigenvalue weighted by Gasteiger charge is 2.06. The van der Waals surface area contributed by atoms with Crippen molar-refractivity contribution in [1.29, 1.82) is 0 Å². The first-order chi connectivity index (χ1) is 9.74. The predicted octanol–water partition coefficient (Wildman–Crippen LogP) is 4.71. The minimum atomic E-state index is 0.345. The van der Waals surface area contributed by atoms with Gasteiger partial charge in [0.2, 0.25) is 0 Å². The van der Waals surface area contributed by atoms with Crippen molar-refractivity contribution in [3.05, 3.63) is 58.6 Å². The third-order valence-corrected chi connectivity index (χ3v) is 3.64. The fraction of sp³-hybridized carbons (Fsp3) is 0.250. The standard InChI is InChI=1S/C16H16Cl2O2/c1-19-13-7-5-12(6-8-13)9-10-20-16-4-2-3-15(18)14(16)11-17/h2-8H,9-11H2,1H3. The molecule has 2 rings (SSSR count). The molecule has 0 unspecified atom stereocenters. The van der Waals surface area contributed by atoms with E-state index in [1.165, 1.54) is 5.56 Å². The Bertz CT molecular complexity index is 553. The molecule has 0 saturated heterocycles. The van der Waals surface area contributed by atoms with E-state index in [1.54, 1.807) is 7.11 Å². The average molecular weight is 311 g/mol. The van der Waals surface area contributed by atoms with Gasteiger partial charge in [0, 0.05) is 17.0 Å². The van der Waals surface area contributed by atoms with Crippen molar-refractivity contribution >= 4 is 23.2 Å². The van der Waals surface area contributed by atoms with E-state index in [4.69, 9.17) is 32.7 Å². The highest BCUT2D eigenvalue weighted by atomic mass is 35.5. The quantitative estimate of drug-likeness (QED) is 0.719. The molecular formula is C16H16Cl2O2. The molecule has 4 heteroatoms. The molecule has 0 radical (unpaired) electrons. The molecule has 0 aliphatic carbocycles. The van der Waals surface area contributed by atoms with Gasteiger partial charge in [-0.2, -0.15) is 0 Å². The minimum absolute atomic E-state index is 0.345. The summed E-state index contributed by atoms with van der Waals surface area (Å²) in [5, 5.41) is 0.641. The number of alkyl halides is 1. The number of halogens is 2. The summed E-state index contributed by atoms with van der Waals surface area (Å²) in [5.74, 6) is 1.95. The van der Waals surface area contributed by atoms with Gasteiger partial charge in [0.15, 0.2) is 0 Å². The lowest BCUT2D eigenvalue weighted by Gasteiger charge is -2.11. The summed E-state index contributed by atoms with van der Waals surface area (Å²) in [7, 11) is 1.66. The average Bonchev–Trinajstić information content (AvgIpc) is 2.48. The van der Waals surface area contributed by atoms with Crippen LogP contribution < -0.4 is 9.47 Å². The van der Waals surface area contributed by atoms with E-state index in [1.807, 2.05) is 42.5 Å². The van der Waals surface area contributed by atoms with Gasteiger partial charge >= 0.3 is 0 Å². The van der Waals surface area contributed by atoms with Crippen LogP contribution in [0.2, 0.25) is 5.02 Å². The van der Waals surface area contributed by atoms with Gasteiger partial charge in [-0.1, -0.05) is 29.8 Å². The van der Waals surface area contributed by atoms with Gasteiger partial charge in [0.1, 0.15) is 11.5 Å². The molecule has 0 saturated carbocycles. The van der Waals surface area contributed by atoms with Gasteiger partial charge in [-0.3, -0.25) is 0 Å². The molecule has 106 valence electrons. The molecule has 0 aliphatic rings. The predicted molar refractivity (Wildman–Crippen MR) is 83.2 cm³/mol. The van der Waals surface area contributed by atoms with E-state index >= 15 is 0 Å². The zero-order valence-corrected chi connectivity index (χ0v) is 12.7. The molecule has 0 spiro atoms. The zero-order chi connectivity index (χ0) is 14.4. The molecule has 2 aromatic carbocycles. The second-order valence-electron chi connectivity index (χ2n) is 4.30. The van der Waals surface area contributed by atoms with Crippen LogP contribution in [0, 0.1) is 0 Å². The smallest absolute Gasteiger partial charge is 0.125 e. The number of hydrogen-bond donors (Lipinski definition) is 0. The lowest BCUT2D eigenvalue weighted by molar-refractivity contribution is 0.319. The van der Waals surface area contributed by atoms with Crippen molar-refractivity contribution in [2.24, 2.45) is 0 Å². The molecule has 20 heavy (non-hydrogen) atoms. The van der Waals surface area contributed by atoms with Crippen LogP contribution in [0.4, 0.5) is 0 Å². The number of methoxy groups -OCH3 is 1. The lowest BCUT2D eigenvalue weighted by Crippen LogP contribution is -2.03. The Kier molecular flexibility index (Phi) is 5.57. The SMILES string of the molecule is COc1ccc(CCOc2cccc(Cl)c2CCl)cc1. The third-order valence-electron chi connectivity index (χ3n) is 3.02. The van der Waals surface area contributed by atoms with Gasteiger partial charge in [-0.15, -0.1) is 11.6 Å². The van der Waals surface area contributed by atoms with Crippen LogP contribution in [-0.4, -0.2) is 13.7 Å². The summed E-state index contributed by atoms with van der Waals surface area (Å²) in [6.45, 7) is 0.580. The van der Waals surface area contributed by atoms with Crippen LogP contribution in [0.1, 0.15) is 11.1 Å². The van der Waals surface area contributed by atoms with Crippen LogP contribution in [0.3, 0.4) is 0 Å². The highest BCUT2D eigenvalue weighted by molar-refractivity contribution is 6.32. The second-order valence-corrected chi connectivity index (χ2v) is 4.97. The minimum Gasteiger partial charge on any atom is -0.497 e. The Morgan fingerprint density at radius 3 is 2.45 bits per heavy atom. The molecule has 0 aliphatic heterocycles. The first kappa shape index (κ1) is 15.0. The Balaban J connectivity index is 1.94. The summed E-state index contributed by atoms with van der Waals surface area (Å²) in [6, 6.07) is 13.5. The summed E-state index contributed by atoms with van der Waals surface area (Å²) >= 11 is 12.0. The molecule has 0 N–H and O–H groups in total. The molecule has 0 fully saturated rings. The van der Waals surface area contributed by atoms with Crippen LogP contribution in [0.5, 0.6) is 11.5 Å². The number of ether oxygens (including phenoxy) is 2. The lowest BCUT2D eigenvalue weighted by atomic mass is 10.1. The van der Waals surface area contributed by atoms with Crippen LogP contribution >= 0.6 is 23.2 Å². The summed E-state index contributed by atoms with van der Waals surface area (Å²) in [4.78, 5) is 0. The van der Waals surface area contributed by atoms with Crippen LogP contribution in [0.15, 0.2) is 42.5 Å². The molecule has 2 nitrogen and oxygen atoms in total. The van der Waals surface area contributed by atoms with E-state index in [0.717, 1.165) is 23.5 Å². The van der Waals surface area contributed by atoms with E-state index in [9.17, 15) is 0 Å². The van der Waals surface area contributed by atoms with Gasteiger partial charge in [0.25, 0.3) is 0 Å². The molecule has 0 bridgehead atoms. The summed E-state index contributed by atoms with van der Waals surface area (Å²) in [6.07, 6.45) is 0.818. The van der Waals surface area contributed by atoms with Crippen molar-refractivity contribution in [1.82, 2.24) is 0 Å². The monoisotopic (exact) mass is 310 g/mol. The van der Waals surface area contributed by atoms with Gasteiger partial charge < -0.3 is 9.47 Å². The maximum atomic E-state index is 6.08. The molecular weight excluding hydrogens is 295 g/mol. The normalized spacial score (nSPS) is 10.3. The van der Waals surface area contributed by atoms with Crippen LogP contribution in [0.25, 0.3) is 0 Å². The Morgan fingerprint density at radius 2 is 1.80 bits per heavy atom. The maximum Gasteiger partial charge on any atom is 0.125 e. The first-order valence-corrected chi connectivity index (χ1v) is 7.25. The van der Waals surface area contributed by atoms with Crippen molar-refractivity contribution in [3.63, 3.8) is 0 Å². The van der Waals surface area contributed by atoms with E-state index < -0.39 is 0 Å². The molecule has 2 aromatic rings. The fourth-order valence-electron chi connectivity index (χ4n) is 1.87. The number of rotatable bonds is 6. The van der Waals surface area contributed by atoms with Crippen molar-refractivity contribution < 1.29 is 9.47 Å². The molecule has 0 heterocycles. The van der Waals surface area contributed by atoms with Gasteiger partial charge in [-0.25, -0.2) is 0 Å². The second kappa shape index (κ2) is 7.41. The fourth-order valence-corrected chi connectivity index (χ4v) is 2.45. The number of hydrogen-bond acceptors (Lipinski definition) is 2.